The summed E-state index contributed by atoms with van der Waals surface area (Å²) >= 11 is 0. The Morgan fingerprint density at radius 2 is 2.17 bits per heavy atom. The van der Waals surface area contributed by atoms with Crippen LogP contribution in [0.2, 0.25) is 0 Å². The van der Waals surface area contributed by atoms with E-state index in [0.29, 0.717) is 25.6 Å². The number of likely N-dealkylation sites (tertiary alicyclic amines) is 1. The molecule has 1 amide bonds. The highest BCUT2D eigenvalue weighted by molar-refractivity contribution is 5.82. The maximum Gasteiger partial charge on any atom is 0.251 e. The molecule has 2 saturated heterocycles. The van der Waals surface area contributed by atoms with Crippen LogP contribution in [0.3, 0.4) is 0 Å². The highest BCUT2D eigenvalue weighted by Crippen LogP contribution is 2.19. The lowest BCUT2D eigenvalue weighted by Gasteiger charge is -2.40. The molecule has 2 fully saturated rings. The van der Waals surface area contributed by atoms with Crippen LogP contribution in [0.5, 0.6) is 0 Å². The van der Waals surface area contributed by atoms with Crippen molar-refractivity contribution in [2.24, 2.45) is 0 Å². The van der Waals surface area contributed by atoms with Gasteiger partial charge in [0.25, 0.3) is 5.91 Å². The van der Waals surface area contributed by atoms with Gasteiger partial charge in [-0.15, -0.1) is 0 Å². The lowest BCUT2D eigenvalue weighted by Crippen LogP contribution is -2.59. The number of hydrogen-bond acceptors (Lipinski definition) is 5. The van der Waals surface area contributed by atoms with E-state index in [0.717, 1.165) is 12.8 Å². The quantitative estimate of drug-likeness (QED) is 0.832. The van der Waals surface area contributed by atoms with E-state index in [2.05, 4.69) is 15.3 Å². The molecule has 1 N–H and O–H groups in total. The molecule has 6 heteroatoms. The van der Waals surface area contributed by atoms with Crippen LogP contribution in [0.25, 0.3) is 0 Å². The SMILES string of the molecule is O=C([C@H]1CCCO1)N1CC(Nc2ncccn2)C1. The van der Waals surface area contributed by atoms with Gasteiger partial charge in [0.05, 0.1) is 6.04 Å². The molecule has 1 aromatic rings. The molecule has 1 aromatic heterocycles. The van der Waals surface area contributed by atoms with E-state index in [1.807, 2.05) is 4.90 Å². The summed E-state index contributed by atoms with van der Waals surface area (Å²) in [6.45, 7) is 2.12. The van der Waals surface area contributed by atoms with Crippen molar-refractivity contribution in [3.63, 3.8) is 0 Å². The second kappa shape index (κ2) is 4.89. The van der Waals surface area contributed by atoms with Crippen molar-refractivity contribution in [1.82, 2.24) is 14.9 Å². The normalized spacial score (nSPS) is 23.8. The zero-order chi connectivity index (χ0) is 12.4. The molecular formula is C12H16N4O2. The molecule has 3 heterocycles. The van der Waals surface area contributed by atoms with Gasteiger partial charge >= 0.3 is 0 Å². The van der Waals surface area contributed by atoms with Gasteiger partial charge in [-0.1, -0.05) is 0 Å². The summed E-state index contributed by atoms with van der Waals surface area (Å²) < 4.78 is 5.39. The van der Waals surface area contributed by atoms with Crippen LogP contribution in [-0.4, -0.2) is 52.6 Å². The minimum absolute atomic E-state index is 0.125. The van der Waals surface area contributed by atoms with Crippen molar-refractivity contribution < 1.29 is 9.53 Å². The third kappa shape index (κ3) is 2.28. The van der Waals surface area contributed by atoms with Crippen molar-refractivity contribution in [1.29, 1.82) is 0 Å². The van der Waals surface area contributed by atoms with Gasteiger partial charge in [-0.05, 0) is 18.9 Å². The summed E-state index contributed by atoms with van der Waals surface area (Å²) in [5.41, 5.74) is 0. The largest absolute Gasteiger partial charge is 0.368 e. The summed E-state index contributed by atoms with van der Waals surface area (Å²) in [7, 11) is 0. The molecule has 6 nitrogen and oxygen atoms in total. The minimum Gasteiger partial charge on any atom is -0.368 e. The predicted molar refractivity (Wildman–Crippen MR) is 65.0 cm³/mol. The lowest BCUT2D eigenvalue weighted by atomic mass is 10.1. The van der Waals surface area contributed by atoms with E-state index in [-0.39, 0.29) is 18.1 Å². The first-order chi connectivity index (χ1) is 8.83. The predicted octanol–water partition coefficient (Wildman–Crippen LogP) is 0.278. The Balaban J connectivity index is 1.47. The molecule has 0 unspecified atom stereocenters. The monoisotopic (exact) mass is 248 g/mol. The standard InChI is InChI=1S/C12H16N4O2/c17-11(10-3-1-6-18-10)16-7-9(8-16)15-12-13-4-2-5-14-12/h2,4-5,9-10H,1,3,6-8H2,(H,13,14,15)/t10-/m1/s1. The van der Waals surface area contributed by atoms with Gasteiger partial charge in [0.15, 0.2) is 0 Å². The molecular weight excluding hydrogens is 232 g/mol. The number of ether oxygens (including phenoxy) is 1. The maximum absolute atomic E-state index is 12.0. The summed E-state index contributed by atoms with van der Waals surface area (Å²) in [5, 5.41) is 3.20. The fourth-order valence-electron chi connectivity index (χ4n) is 2.28. The molecule has 18 heavy (non-hydrogen) atoms. The number of anilines is 1. The van der Waals surface area contributed by atoms with Gasteiger partial charge in [0.2, 0.25) is 5.95 Å². The highest BCUT2D eigenvalue weighted by Gasteiger charge is 2.36. The van der Waals surface area contributed by atoms with Gasteiger partial charge in [-0.2, -0.15) is 0 Å². The molecule has 2 aliphatic rings. The number of carbonyl (C=O) groups is 1. The summed E-state index contributed by atoms with van der Waals surface area (Å²) in [4.78, 5) is 22.0. The number of amides is 1. The van der Waals surface area contributed by atoms with Crippen LogP contribution in [0.15, 0.2) is 18.5 Å². The molecule has 3 rings (SSSR count). The number of aromatic nitrogens is 2. The van der Waals surface area contributed by atoms with Gasteiger partial charge in [0.1, 0.15) is 6.10 Å². The molecule has 0 saturated carbocycles. The average molecular weight is 248 g/mol. The first-order valence-electron chi connectivity index (χ1n) is 6.27. The van der Waals surface area contributed by atoms with E-state index in [4.69, 9.17) is 4.74 Å². The smallest absolute Gasteiger partial charge is 0.251 e. The van der Waals surface area contributed by atoms with Gasteiger partial charge in [0, 0.05) is 32.1 Å². The number of carbonyl (C=O) groups excluding carboxylic acids is 1. The lowest BCUT2D eigenvalue weighted by molar-refractivity contribution is -0.145. The Hall–Kier alpha value is -1.69. The minimum atomic E-state index is -0.209. The third-order valence-corrected chi connectivity index (χ3v) is 3.30. The van der Waals surface area contributed by atoms with E-state index >= 15 is 0 Å². The van der Waals surface area contributed by atoms with Crippen molar-refractivity contribution in [2.75, 3.05) is 25.0 Å². The highest BCUT2D eigenvalue weighted by atomic mass is 16.5. The van der Waals surface area contributed by atoms with Crippen LogP contribution in [0, 0.1) is 0 Å². The van der Waals surface area contributed by atoms with Crippen LogP contribution < -0.4 is 5.32 Å². The molecule has 0 aliphatic carbocycles. The molecule has 1 atom stereocenters. The van der Waals surface area contributed by atoms with Crippen molar-refractivity contribution >= 4 is 11.9 Å². The Bertz CT molecular complexity index is 413. The fourth-order valence-corrected chi connectivity index (χ4v) is 2.28. The van der Waals surface area contributed by atoms with E-state index in [1.165, 1.54) is 0 Å². The number of nitrogens with zero attached hydrogens (tertiary/aromatic N) is 3. The number of nitrogens with one attached hydrogen (secondary N) is 1. The fraction of sp³-hybridized carbons (Fsp3) is 0.583. The van der Waals surface area contributed by atoms with E-state index < -0.39 is 0 Å². The van der Waals surface area contributed by atoms with Crippen LogP contribution in [0.4, 0.5) is 5.95 Å². The van der Waals surface area contributed by atoms with E-state index in [1.54, 1.807) is 18.5 Å². The topological polar surface area (TPSA) is 67.3 Å². The first-order valence-corrected chi connectivity index (χ1v) is 6.27. The van der Waals surface area contributed by atoms with Gasteiger partial charge in [-0.25, -0.2) is 9.97 Å². The number of hydrogen-bond donors (Lipinski definition) is 1. The molecule has 2 aliphatic heterocycles. The summed E-state index contributed by atoms with van der Waals surface area (Å²) in [6, 6.07) is 2.02. The van der Waals surface area contributed by atoms with E-state index in [9.17, 15) is 4.79 Å². The Labute approximate surface area is 105 Å². The van der Waals surface area contributed by atoms with Crippen molar-refractivity contribution in [3.05, 3.63) is 18.5 Å². The van der Waals surface area contributed by atoms with Crippen LogP contribution >= 0.6 is 0 Å². The van der Waals surface area contributed by atoms with Gasteiger partial charge in [-0.3, -0.25) is 4.79 Å². The second-order valence-electron chi connectivity index (χ2n) is 4.66. The van der Waals surface area contributed by atoms with Crippen molar-refractivity contribution in [2.45, 2.75) is 25.0 Å². The van der Waals surface area contributed by atoms with Crippen LogP contribution in [0.1, 0.15) is 12.8 Å². The summed E-state index contributed by atoms with van der Waals surface area (Å²) in [6.07, 6.45) is 5.03. The van der Waals surface area contributed by atoms with Gasteiger partial charge < -0.3 is 15.0 Å². The molecule has 0 spiro atoms. The summed E-state index contributed by atoms with van der Waals surface area (Å²) in [5.74, 6) is 0.742. The second-order valence-corrected chi connectivity index (χ2v) is 4.66. The van der Waals surface area contributed by atoms with Crippen LogP contribution in [-0.2, 0) is 9.53 Å². The third-order valence-electron chi connectivity index (χ3n) is 3.30. The molecule has 0 radical (unpaired) electrons. The molecule has 0 aromatic carbocycles. The van der Waals surface area contributed by atoms with Crippen molar-refractivity contribution in [3.8, 4) is 0 Å². The Kier molecular flexibility index (Phi) is 3.10. The average Bonchev–Trinajstić information content (AvgIpc) is 2.87. The maximum atomic E-state index is 12.0. The zero-order valence-corrected chi connectivity index (χ0v) is 10.1. The Morgan fingerprint density at radius 3 is 2.83 bits per heavy atom. The molecule has 0 bridgehead atoms. The zero-order valence-electron chi connectivity index (χ0n) is 10.1. The molecule has 96 valence electrons. The number of rotatable bonds is 3. The Morgan fingerprint density at radius 1 is 1.39 bits per heavy atom. The first kappa shape index (κ1) is 11.4.